The number of H-pyrrole nitrogens is 2. The zero-order valence-corrected chi connectivity index (χ0v) is 64.9. The van der Waals surface area contributed by atoms with Gasteiger partial charge in [-0.2, -0.15) is 25.3 Å². The minimum atomic E-state index is -1.96. The molecule has 630 valence electrons. The first-order chi connectivity index (χ1) is 55.8. The molecule has 5 aromatic rings. The summed E-state index contributed by atoms with van der Waals surface area (Å²) in [7, 11) is 0. The van der Waals surface area contributed by atoms with Gasteiger partial charge in [0.05, 0.1) is 38.6 Å². The minimum absolute atomic E-state index is 0.00729. The summed E-state index contributed by atoms with van der Waals surface area (Å²) >= 11 is 8.52. The maximum atomic E-state index is 15.2. The summed E-state index contributed by atoms with van der Waals surface area (Å²) in [5.74, 6) is -19.4. The lowest BCUT2D eigenvalue weighted by atomic mass is 10.0. The van der Waals surface area contributed by atoms with Crippen LogP contribution < -0.4 is 80.6 Å². The summed E-state index contributed by atoms with van der Waals surface area (Å²) in [4.78, 5) is 251. The number of phenols is 1. The number of aromatic hydroxyl groups is 1. The molecule has 43 heteroatoms. The summed E-state index contributed by atoms with van der Waals surface area (Å²) in [5.41, 5.74) is 13.6. The molecule has 0 saturated carbocycles. The number of aliphatic carboxylic acids is 2. The predicted molar refractivity (Wildman–Crippen MR) is 420 cm³/mol. The molecule has 0 spiro atoms. The van der Waals surface area contributed by atoms with Crippen molar-refractivity contribution in [3.63, 3.8) is 0 Å². The number of para-hydroxylation sites is 2. The number of nitrogens with zero attached hydrogens (tertiary/aromatic N) is 2. The molecule has 0 radical (unpaired) electrons. The number of carboxylic acids is 2. The van der Waals surface area contributed by atoms with Crippen molar-refractivity contribution in [1.29, 1.82) is 0 Å². The van der Waals surface area contributed by atoms with Crippen LogP contribution in [0.25, 0.3) is 21.8 Å². The number of fused-ring (bicyclic) bond motifs is 2. The van der Waals surface area contributed by atoms with Crippen LogP contribution in [-0.2, 0) is 106 Å². The third-order valence-electron chi connectivity index (χ3n) is 19.6. The molecule has 117 heavy (non-hydrogen) atoms. The van der Waals surface area contributed by atoms with Crippen LogP contribution in [-0.4, -0.2) is 277 Å². The van der Waals surface area contributed by atoms with Crippen molar-refractivity contribution < 1.29 is 107 Å². The van der Waals surface area contributed by atoms with Crippen LogP contribution in [0, 0.1) is 0 Å². The fourth-order valence-electron chi connectivity index (χ4n) is 13.6. The number of aromatic nitrogens is 2. The molecule has 0 bridgehead atoms. The van der Waals surface area contributed by atoms with E-state index in [9.17, 15) is 96.8 Å². The van der Waals surface area contributed by atoms with Crippen molar-refractivity contribution in [2.45, 2.75) is 156 Å². The van der Waals surface area contributed by atoms with E-state index >= 15 is 4.79 Å². The number of aliphatic hydroxyl groups is 1. The van der Waals surface area contributed by atoms with Gasteiger partial charge >= 0.3 is 11.9 Å². The predicted octanol–water partition coefficient (Wildman–Crippen LogP) is -6.62. The summed E-state index contributed by atoms with van der Waals surface area (Å²) in [5, 5.41) is 72.7. The second kappa shape index (κ2) is 43.4. The molecule has 5 heterocycles. The lowest BCUT2D eigenvalue weighted by Crippen LogP contribution is -2.61. The molecule has 8 rings (SSSR count). The van der Waals surface area contributed by atoms with E-state index < -0.39 is 237 Å². The molecule has 3 fully saturated rings. The number of rotatable bonds is 43. The van der Waals surface area contributed by atoms with Crippen molar-refractivity contribution in [3.05, 3.63) is 102 Å². The summed E-state index contributed by atoms with van der Waals surface area (Å²) in [6.07, 6.45) is 1.22. The lowest BCUT2D eigenvalue weighted by molar-refractivity contribution is -0.143. The molecule has 3 aliphatic rings. The number of benzene rings is 3. The maximum absolute atomic E-state index is 15.2. The van der Waals surface area contributed by atoms with Crippen LogP contribution >= 0.6 is 25.3 Å². The number of aliphatic hydroxyl groups excluding tert-OH is 1. The Bertz CT molecular complexity index is 4520. The second-order valence-electron chi connectivity index (χ2n) is 28.1. The van der Waals surface area contributed by atoms with E-state index in [-0.39, 0.29) is 63.1 Å². The van der Waals surface area contributed by atoms with Crippen molar-refractivity contribution >= 4 is 154 Å². The number of nitrogens with two attached hydrogens (primary N) is 2. The Morgan fingerprint density at radius 1 is 0.453 bits per heavy atom. The number of aromatic amines is 2. The first-order valence-corrected chi connectivity index (χ1v) is 38.7. The summed E-state index contributed by atoms with van der Waals surface area (Å²) in [6, 6.07) is 1.54. The molecule has 16 amide bonds. The zero-order chi connectivity index (χ0) is 85.2. The van der Waals surface area contributed by atoms with Crippen LogP contribution in [0.15, 0.2) is 85.2 Å². The largest absolute Gasteiger partial charge is 0.508 e. The number of thiol groups is 2. The Kier molecular flexibility index (Phi) is 33.4. The normalized spacial score (nSPS) is 17.3. The first kappa shape index (κ1) is 90.2. The van der Waals surface area contributed by atoms with E-state index in [4.69, 9.17) is 16.6 Å². The molecule has 3 aromatic carbocycles. The van der Waals surface area contributed by atoms with E-state index in [2.05, 4.69) is 104 Å². The number of phenolic OH excluding ortho intramolecular Hbond substituents is 1. The number of carboxylic acid groups (broad SMARTS) is 2. The van der Waals surface area contributed by atoms with Gasteiger partial charge < -0.3 is 121 Å². The van der Waals surface area contributed by atoms with Gasteiger partial charge in [0.2, 0.25) is 94.5 Å². The van der Waals surface area contributed by atoms with Crippen molar-refractivity contribution in [1.82, 2.24) is 88.9 Å². The van der Waals surface area contributed by atoms with E-state index in [1.807, 2.05) is 0 Å². The standard InChI is InChI=1S/C74H95N19O22S2/c75-57(96)27-49(85-70(111)54(36-117)91-72(113)56-14-7-23-93(56)74(115)51(28-58(76)97)88-65(106)45-12-5-21-77-45)64(105)82-32-60(99)83-46(19-20-61(100)101)66(107)89-52(34-94)68(109)87-50(26-39-30-79-44-11-4-2-9-42(39)44)73(114)92-22-6-13-55(92)71(112)86-47(24-37-15-17-40(95)18-16-37)67(108)90-53(35-116)69(110)84-48(63(104)81-31-59(98)80-33-62(102)103)25-38-29-78-43-10-3-1-8-41(38)43/h1-4,8-11,15-18,29-30,45-56,77-79,94-95,116-117H,5-7,12-14,19-28,31-36H2,(H2,75,96)(H2,76,97)(H,80,98)(H,81,104)(H,82,105)(H,83,99)(H,84,110)(H,85,111)(H,86,112)(H,87,109)(H,88,106)(H,89,107)(H,90,108)(H,91,113)(H,100,101)(H,102,103)/t45-,46-,47-,48-,49-,50-,51-,52-,53-,54-,55-,56-/m0/s1. The smallest absolute Gasteiger partial charge is 0.322 e. The van der Waals surface area contributed by atoms with Crippen LogP contribution in [0.1, 0.15) is 80.9 Å². The van der Waals surface area contributed by atoms with Crippen LogP contribution in [0.3, 0.4) is 0 Å². The van der Waals surface area contributed by atoms with E-state index in [0.717, 1.165) is 9.80 Å². The number of primary amides is 2. The number of hydrogen-bond acceptors (Lipinski definition) is 23. The van der Waals surface area contributed by atoms with Gasteiger partial charge in [-0.15, -0.1) is 0 Å². The monoisotopic (exact) mass is 1670 g/mol. The Balaban J connectivity index is 0.926. The Morgan fingerprint density at radius 2 is 0.906 bits per heavy atom. The fourth-order valence-corrected chi connectivity index (χ4v) is 14.1. The third-order valence-corrected chi connectivity index (χ3v) is 20.3. The highest BCUT2D eigenvalue weighted by molar-refractivity contribution is 7.80. The highest BCUT2D eigenvalue weighted by Crippen LogP contribution is 2.26. The van der Waals surface area contributed by atoms with E-state index in [1.54, 1.807) is 60.9 Å². The van der Waals surface area contributed by atoms with Gasteiger partial charge in [0, 0.05) is 84.5 Å². The van der Waals surface area contributed by atoms with Crippen LogP contribution in [0.5, 0.6) is 5.75 Å². The number of amides is 16. The van der Waals surface area contributed by atoms with Gasteiger partial charge in [-0.05, 0) is 92.4 Å². The molecule has 23 N–H and O–H groups in total. The van der Waals surface area contributed by atoms with Crippen molar-refractivity contribution in [3.8, 4) is 5.75 Å². The molecule has 0 unspecified atom stereocenters. The highest BCUT2D eigenvalue weighted by atomic mass is 32.1. The van der Waals surface area contributed by atoms with Crippen molar-refractivity contribution in [2.75, 3.05) is 57.4 Å². The highest BCUT2D eigenvalue weighted by Gasteiger charge is 2.43. The summed E-state index contributed by atoms with van der Waals surface area (Å²) < 4.78 is 0. The topological polar surface area (TPSA) is 635 Å². The van der Waals surface area contributed by atoms with Gasteiger partial charge in [0.1, 0.15) is 78.8 Å². The maximum Gasteiger partial charge on any atom is 0.322 e. The number of carbonyl (C=O) groups excluding carboxylic acids is 16. The Labute approximate surface area is 678 Å². The average Bonchev–Trinajstić information content (AvgIpc) is 1.69. The van der Waals surface area contributed by atoms with Crippen LogP contribution in [0.4, 0.5) is 0 Å². The lowest BCUT2D eigenvalue weighted by Gasteiger charge is -2.31. The summed E-state index contributed by atoms with van der Waals surface area (Å²) in [6.45, 7) is -3.17. The SMILES string of the molecule is NC(=O)C[C@H](NC(=O)[C@H](CS)NC(=O)[C@@H]1CCCN1C(=O)[C@H](CC(N)=O)NC(=O)[C@@H]1CCCN1)C(=O)NCC(=O)N[C@@H](CCC(=O)O)C(=O)N[C@@H](CO)C(=O)N[C@@H](Cc1c[nH]c2ccccc12)C(=O)N1CCC[C@H]1C(=O)N[C@@H](Cc1ccc(O)cc1)C(=O)N[C@@H](CS)C(=O)N[C@@H](Cc1c[nH]c2ccccc12)C(=O)NCC(=O)NCC(=O)O. The Hall–Kier alpha value is -12.4. The second-order valence-corrected chi connectivity index (χ2v) is 28.8. The van der Waals surface area contributed by atoms with Crippen LogP contribution in [0.2, 0.25) is 0 Å². The molecule has 2 aromatic heterocycles. The van der Waals surface area contributed by atoms with E-state index in [0.29, 0.717) is 64.3 Å². The number of likely N-dealkylation sites (tertiary alicyclic amines) is 2. The van der Waals surface area contributed by atoms with Gasteiger partial charge in [0.25, 0.3) is 0 Å². The molecular formula is C74H95N19O22S2. The Morgan fingerprint density at radius 3 is 1.44 bits per heavy atom. The third kappa shape index (κ3) is 26.1. The molecule has 41 nitrogen and oxygen atoms in total. The molecule has 3 aliphatic heterocycles. The average molecular weight is 1670 g/mol. The molecule has 12 atom stereocenters. The molecule has 0 aliphatic carbocycles. The van der Waals surface area contributed by atoms with Gasteiger partial charge in [-0.1, -0.05) is 48.5 Å². The number of carbonyl (C=O) groups is 18. The molecular weight excluding hydrogens is 1570 g/mol. The van der Waals surface area contributed by atoms with Crippen molar-refractivity contribution in [2.24, 2.45) is 11.5 Å². The fraction of sp³-hybridized carbons (Fsp3) is 0.459. The van der Waals surface area contributed by atoms with E-state index in [1.165, 1.54) is 24.3 Å². The molecule has 3 saturated heterocycles. The van der Waals surface area contributed by atoms with Gasteiger partial charge in [-0.3, -0.25) is 86.3 Å². The minimum Gasteiger partial charge on any atom is -0.508 e. The van der Waals surface area contributed by atoms with Gasteiger partial charge in [0.15, 0.2) is 0 Å². The number of hydrogen-bond donors (Lipinski definition) is 23. The van der Waals surface area contributed by atoms with Gasteiger partial charge in [-0.25, -0.2) is 0 Å². The quantitative estimate of drug-likeness (QED) is 0.0161. The number of nitrogens with one attached hydrogen (secondary N) is 15. The first-order valence-electron chi connectivity index (χ1n) is 37.4. The zero-order valence-electron chi connectivity index (χ0n) is 63.1.